The van der Waals surface area contributed by atoms with Gasteiger partial charge in [0.2, 0.25) is 5.89 Å². The first-order chi connectivity index (χ1) is 12.2. The summed E-state index contributed by atoms with van der Waals surface area (Å²) in [6, 6.07) is 10.1. The van der Waals surface area contributed by atoms with E-state index in [0.29, 0.717) is 38.6 Å². The van der Waals surface area contributed by atoms with Gasteiger partial charge < -0.3 is 19.9 Å². The molecule has 0 bridgehead atoms. The van der Waals surface area contributed by atoms with Crippen molar-refractivity contribution in [3.05, 3.63) is 47.6 Å². The summed E-state index contributed by atoms with van der Waals surface area (Å²) in [5, 5.41) is 10.4. The standard InChI is InChI=1S/C18H27N5O2.HI/c1-14(2)17-22-16(25-23-17)9-10-20-18(19-3)21-11-12-24-13-15-7-5-4-6-8-15;/h4-8,14H,9-13H2,1-3H3,(H2,19,20,21);1H. The fraction of sp³-hybridized carbons (Fsp3) is 0.500. The molecule has 0 saturated heterocycles. The lowest BCUT2D eigenvalue weighted by Gasteiger charge is -2.11. The lowest BCUT2D eigenvalue weighted by Crippen LogP contribution is -2.39. The maximum absolute atomic E-state index is 5.63. The molecule has 0 aliphatic rings. The van der Waals surface area contributed by atoms with E-state index >= 15 is 0 Å². The van der Waals surface area contributed by atoms with E-state index in [2.05, 4.69) is 37.9 Å². The molecule has 0 unspecified atom stereocenters. The second kappa shape index (κ2) is 12.6. The third-order valence-corrected chi connectivity index (χ3v) is 3.51. The first kappa shape index (κ1) is 22.4. The minimum Gasteiger partial charge on any atom is -0.375 e. The Morgan fingerprint density at radius 2 is 1.92 bits per heavy atom. The van der Waals surface area contributed by atoms with Gasteiger partial charge in [-0.05, 0) is 5.56 Å². The Labute approximate surface area is 172 Å². The van der Waals surface area contributed by atoms with Crippen molar-refractivity contribution in [1.82, 2.24) is 20.8 Å². The minimum absolute atomic E-state index is 0. The third-order valence-electron chi connectivity index (χ3n) is 3.51. The Kier molecular flexibility index (Phi) is 10.9. The average Bonchev–Trinajstić information content (AvgIpc) is 3.10. The monoisotopic (exact) mass is 473 g/mol. The van der Waals surface area contributed by atoms with Gasteiger partial charge in [-0.15, -0.1) is 24.0 Å². The molecule has 1 heterocycles. The first-order valence-corrected chi connectivity index (χ1v) is 8.57. The largest absolute Gasteiger partial charge is 0.375 e. The molecule has 144 valence electrons. The maximum atomic E-state index is 5.63. The Hall–Kier alpha value is -1.68. The number of rotatable bonds is 9. The number of hydrogen-bond donors (Lipinski definition) is 2. The fourth-order valence-corrected chi connectivity index (χ4v) is 2.12. The zero-order valence-electron chi connectivity index (χ0n) is 15.6. The first-order valence-electron chi connectivity index (χ1n) is 8.57. The average molecular weight is 473 g/mol. The van der Waals surface area contributed by atoms with Crippen LogP contribution in [-0.4, -0.2) is 42.8 Å². The van der Waals surface area contributed by atoms with Crippen LogP contribution in [0.15, 0.2) is 39.8 Å². The van der Waals surface area contributed by atoms with Gasteiger partial charge in [0.15, 0.2) is 11.8 Å². The van der Waals surface area contributed by atoms with Crippen LogP contribution in [0.25, 0.3) is 0 Å². The molecule has 2 aromatic rings. The number of aliphatic imine (C=N–C) groups is 1. The Morgan fingerprint density at radius 3 is 2.58 bits per heavy atom. The van der Waals surface area contributed by atoms with Crippen LogP contribution < -0.4 is 10.6 Å². The summed E-state index contributed by atoms with van der Waals surface area (Å²) in [7, 11) is 1.74. The highest BCUT2D eigenvalue weighted by molar-refractivity contribution is 14.0. The molecule has 1 aromatic heterocycles. The fourth-order valence-electron chi connectivity index (χ4n) is 2.12. The molecule has 0 saturated carbocycles. The molecule has 0 spiro atoms. The zero-order chi connectivity index (χ0) is 17.9. The molecule has 0 amide bonds. The molecule has 0 radical (unpaired) electrons. The van der Waals surface area contributed by atoms with Crippen LogP contribution in [0.1, 0.15) is 37.0 Å². The Bertz CT molecular complexity index is 646. The molecular weight excluding hydrogens is 445 g/mol. The van der Waals surface area contributed by atoms with E-state index in [1.807, 2.05) is 32.0 Å². The highest BCUT2D eigenvalue weighted by atomic mass is 127. The summed E-state index contributed by atoms with van der Waals surface area (Å²) < 4.78 is 10.9. The molecule has 0 aliphatic carbocycles. The summed E-state index contributed by atoms with van der Waals surface area (Å²) in [6.07, 6.45) is 0.658. The van der Waals surface area contributed by atoms with Gasteiger partial charge >= 0.3 is 0 Å². The number of aromatic nitrogens is 2. The summed E-state index contributed by atoms with van der Waals surface area (Å²) in [4.78, 5) is 8.53. The minimum atomic E-state index is 0. The summed E-state index contributed by atoms with van der Waals surface area (Å²) in [5.41, 5.74) is 1.17. The molecule has 0 aliphatic heterocycles. The number of ether oxygens (including phenoxy) is 1. The van der Waals surface area contributed by atoms with Gasteiger partial charge in [-0.25, -0.2) is 0 Å². The van der Waals surface area contributed by atoms with Gasteiger partial charge in [-0.2, -0.15) is 4.98 Å². The van der Waals surface area contributed by atoms with Crippen LogP contribution in [0.5, 0.6) is 0 Å². The predicted molar refractivity (Wildman–Crippen MR) is 113 cm³/mol. The highest BCUT2D eigenvalue weighted by Crippen LogP contribution is 2.09. The van der Waals surface area contributed by atoms with E-state index < -0.39 is 0 Å². The second-order valence-electron chi connectivity index (χ2n) is 5.91. The molecule has 0 atom stereocenters. The molecule has 8 heteroatoms. The van der Waals surface area contributed by atoms with Gasteiger partial charge in [0.25, 0.3) is 0 Å². The maximum Gasteiger partial charge on any atom is 0.228 e. The van der Waals surface area contributed by atoms with E-state index in [-0.39, 0.29) is 29.9 Å². The van der Waals surface area contributed by atoms with Crippen LogP contribution in [0, 0.1) is 0 Å². The summed E-state index contributed by atoms with van der Waals surface area (Å²) in [6.45, 7) is 6.66. The van der Waals surface area contributed by atoms with E-state index in [9.17, 15) is 0 Å². The van der Waals surface area contributed by atoms with E-state index in [1.165, 1.54) is 5.56 Å². The van der Waals surface area contributed by atoms with Crippen LogP contribution >= 0.6 is 24.0 Å². The number of benzene rings is 1. The third kappa shape index (κ3) is 8.13. The van der Waals surface area contributed by atoms with Crippen LogP contribution in [-0.2, 0) is 17.8 Å². The van der Waals surface area contributed by atoms with Crippen molar-refractivity contribution < 1.29 is 9.26 Å². The van der Waals surface area contributed by atoms with Gasteiger partial charge in [0.1, 0.15) is 0 Å². The van der Waals surface area contributed by atoms with Crippen molar-refractivity contribution in [3.8, 4) is 0 Å². The summed E-state index contributed by atoms with van der Waals surface area (Å²) in [5.74, 6) is 2.38. The van der Waals surface area contributed by atoms with Gasteiger partial charge in [0.05, 0.1) is 13.2 Å². The van der Waals surface area contributed by atoms with Gasteiger partial charge in [-0.1, -0.05) is 49.3 Å². The molecule has 0 fully saturated rings. The second-order valence-corrected chi connectivity index (χ2v) is 5.91. The number of halogens is 1. The van der Waals surface area contributed by atoms with Crippen molar-refractivity contribution in [2.24, 2.45) is 4.99 Å². The molecular formula is C18H28IN5O2. The van der Waals surface area contributed by atoms with E-state index in [1.54, 1.807) is 7.05 Å². The Morgan fingerprint density at radius 1 is 1.19 bits per heavy atom. The van der Waals surface area contributed by atoms with Crippen molar-refractivity contribution in [2.45, 2.75) is 32.8 Å². The highest BCUT2D eigenvalue weighted by Gasteiger charge is 2.09. The lowest BCUT2D eigenvalue weighted by molar-refractivity contribution is 0.125. The number of hydrogen-bond acceptors (Lipinski definition) is 5. The van der Waals surface area contributed by atoms with Gasteiger partial charge in [-0.3, -0.25) is 4.99 Å². The lowest BCUT2D eigenvalue weighted by atomic mass is 10.2. The zero-order valence-corrected chi connectivity index (χ0v) is 17.9. The number of nitrogens with zero attached hydrogens (tertiary/aromatic N) is 3. The Balaban J connectivity index is 0.00000338. The van der Waals surface area contributed by atoms with Gasteiger partial charge in [0, 0.05) is 32.5 Å². The molecule has 2 N–H and O–H groups in total. The van der Waals surface area contributed by atoms with Crippen LogP contribution in [0.3, 0.4) is 0 Å². The summed E-state index contributed by atoms with van der Waals surface area (Å²) >= 11 is 0. The van der Waals surface area contributed by atoms with Crippen molar-refractivity contribution in [1.29, 1.82) is 0 Å². The van der Waals surface area contributed by atoms with E-state index in [4.69, 9.17) is 9.26 Å². The van der Waals surface area contributed by atoms with Crippen LogP contribution in [0.4, 0.5) is 0 Å². The predicted octanol–water partition coefficient (Wildman–Crippen LogP) is 2.74. The van der Waals surface area contributed by atoms with E-state index in [0.717, 1.165) is 11.8 Å². The number of guanidine groups is 1. The topological polar surface area (TPSA) is 84.6 Å². The molecule has 1 aromatic carbocycles. The smallest absolute Gasteiger partial charge is 0.228 e. The normalized spacial score (nSPS) is 11.3. The molecule has 26 heavy (non-hydrogen) atoms. The SMILES string of the molecule is CN=C(NCCOCc1ccccc1)NCCc1nc(C(C)C)no1.I. The van der Waals surface area contributed by atoms with Crippen molar-refractivity contribution in [2.75, 3.05) is 26.7 Å². The quantitative estimate of drug-likeness (QED) is 0.252. The van der Waals surface area contributed by atoms with Crippen LogP contribution in [0.2, 0.25) is 0 Å². The van der Waals surface area contributed by atoms with Crippen molar-refractivity contribution in [3.63, 3.8) is 0 Å². The molecule has 2 rings (SSSR count). The molecule has 7 nitrogen and oxygen atoms in total. The van der Waals surface area contributed by atoms with Crippen molar-refractivity contribution >= 4 is 29.9 Å². The number of nitrogens with one attached hydrogen (secondary N) is 2.